The van der Waals surface area contributed by atoms with Crippen LogP contribution in [0.5, 0.6) is 0 Å². The van der Waals surface area contributed by atoms with E-state index in [-0.39, 0.29) is 5.41 Å². The second kappa shape index (κ2) is 4.98. The fourth-order valence-corrected chi connectivity index (χ4v) is 4.17. The van der Waals surface area contributed by atoms with E-state index in [9.17, 15) is 0 Å². The molecule has 0 bridgehead atoms. The molecule has 0 fully saturated rings. The number of hydrogen-bond donors (Lipinski definition) is 0. The molecular weight excluding hydrogens is 264 g/mol. The lowest BCUT2D eigenvalue weighted by Crippen LogP contribution is -2.24. The molecule has 0 N–H and O–H groups in total. The molecule has 22 heavy (non-hydrogen) atoms. The van der Waals surface area contributed by atoms with Crippen molar-refractivity contribution < 1.29 is 0 Å². The Kier molecular flexibility index (Phi) is 3.07. The van der Waals surface area contributed by atoms with Gasteiger partial charge in [0.05, 0.1) is 0 Å². The van der Waals surface area contributed by atoms with E-state index in [0.717, 1.165) is 6.42 Å². The Hall–Kier alpha value is -2.08. The molecule has 4 rings (SSSR count). The maximum atomic E-state index is 2.45. The Labute approximate surface area is 133 Å². The van der Waals surface area contributed by atoms with Gasteiger partial charge in [0, 0.05) is 5.92 Å². The van der Waals surface area contributed by atoms with E-state index < -0.39 is 0 Å². The number of rotatable bonds is 2. The number of benzene rings is 2. The Morgan fingerprint density at radius 2 is 1.64 bits per heavy atom. The van der Waals surface area contributed by atoms with E-state index in [2.05, 4.69) is 86.7 Å². The lowest BCUT2D eigenvalue weighted by Gasteiger charge is -2.29. The summed E-state index contributed by atoms with van der Waals surface area (Å²) < 4.78 is 0. The van der Waals surface area contributed by atoms with Crippen molar-refractivity contribution in [3.8, 4) is 0 Å². The Morgan fingerprint density at radius 3 is 2.45 bits per heavy atom. The van der Waals surface area contributed by atoms with Gasteiger partial charge < -0.3 is 0 Å². The van der Waals surface area contributed by atoms with E-state index >= 15 is 0 Å². The third-order valence-corrected chi connectivity index (χ3v) is 5.39. The largest absolute Gasteiger partial charge is 0.0796 e. The standard InChI is InChI=1S/C22H22/c1-22(2)20-11-7-6-10-18(20)19-13-12-17(15-21(19)22)14-16-8-4-3-5-9-16/h3-13,15,18,20H,14H2,1-2H3. The van der Waals surface area contributed by atoms with Gasteiger partial charge in [0.15, 0.2) is 0 Å². The lowest BCUT2D eigenvalue weighted by molar-refractivity contribution is 0.394. The van der Waals surface area contributed by atoms with Gasteiger partial charge in [-0.25, -0.2) is 0 Å². The van der Waals surface area contributed by atoms with Crippen LogP contribution in [-0.4, -0.2) is 0 Å². The Morgan fingerprint density at radius 1 is 0.864 bits per heavy atom. The third kappa shape index (κ3) is 2.06. The SMILES string of the molecule is CC1(C)c2cc(Cc3ccccc3)ccc2C2C=CC=CC21. The minimum absolute atomic E-state index is 0.216. The van der Waals surface area contributed by atoms with Gasteiger partial charge in [-0.1, -0.05) is 86.7 Å². The zero-order chi connectivity index (χ0) is 15.2. The number of allylic oxidation sites excluding steroid dienone is 4. The van der Waals surface area contributed by atoms with Crippen molar-refractivity contribution in [1.82, 2.24) is 0 Å². The van der Waals surface area contributed by atoms with Gasteiger partial charge in [-0.05, 0) is 40.0 Å². The van der Waals surface area contributed by atoms with Gasteiger partial charge in [0.25, 0.3) is 0 Å². The fourth-order valence-electron chi connectivity index (χ4n) is 4.17. The van der Waals surface area contributed by atoms with E-state index in [1.165, 1.54) is 22.3 Å². The quantitative estimate of drug-likeness (QED) is 0.694. The Balaban J connectivity index is 1.73. The predicted octanol–water partition coefficient (Wildman–Crippen LogP) is 5.39. The van der Waals surface area contributed by atoms with E-state index in [0.29, 0.717) is 11.8 Å². The van der Waals surface area contributed by atoms with Gasteiger partial charge in [0.1, 0.15) is 0 Å². The van der Waals surface area contributed by atoms with Crippen LogP contribution in [0.15, 0.2) is 72.8 Å². The Bertz CT molecular complexity index is 747. The molecule has 2 atom stereocenters. The third-order valence-electron chi connectivity index (χ3n) is 5.39. The second-order valence-electron chi connectivity index (χ2n) is 7.13. The van der Waals surface area contributed by atoms with Crippen molar-refractivity contribution >= 4 is 0 Å². The molecule has 0 aliphatic heterocycles. The average Bonchev–Trinajstić information content (AvgIpc) is 2.77. The van der Waals surface area contributed by atoms with Crippen LogP contribution in [0.2, 0.25) is 0 Å². The summed E-state index contributed by atoms with van der Waals surface area (Å²) in [4.78, 5) is 0. The molecule has 2 aromatic carbocycles. The molecule has 2 aliphatic rings. The van der Waals surface area contributed by atoms with E-state index in [1.807, 2.05) is 0 Å². The summed E-state index contributed by atoms with van der Waals surface area (Å²) in [5.41, 5.74) is 6.08. The average molecular weight is 286 g/mol. The summed E-state index contributed by atoms with van der Waals surface area (Å²) in [6.45, 7) is 4.79. The topological polar surface area (TPSA) is 0 Å². The van der Waals surface area contributed by atoms with Crippen LogP contribution in [-0.2, 0) is 11.8 Å². The zero-order valence-electron chi connectivity index (χ0n) is 13.3. The summed E-state index contributed by atoms with van der Waals surface area (Å²) >= 11 is 0. The molecule has 0 heterocycles. The zero-order valence-corrected chi connectivity index (χ0v) is 13.3. The molecule has 0 spiro atoms. The molecular formula is C22H22. The van der Waals surface area contributed by atoms with Crippen molar-refractivity contribution in [2.24, 2.45) is 5.92 Å². The monoisotopic (exact) mass is 286 g/mol. The molecule has 0 amide bonds. The fraction of sp³-hybridized carbons (Fsp3) is 0.273. The molecule has 0 heteroatoms. The molecule has 2 unspecified atom stereocenters. The van der Waals surface area contributed by atoms with Crippen LogP contribution < -0.4 is 0 Å². The molecule has 2 aromatic rings. The van der Waals surface area contributed by atoms with Gasteiger partial charge in [0.2, 0.25) is 0 Å². The number of fused-ring (bicyclic) bond motifs is 3. The maximum absolute atomic E-state index is 2.45. The summed E-state index contributed by atoms with van der Waals surface area (Å²) in [7, 11) is 0. The molecule has 0 saturated heterocycles. The van der Waals surface area contributed by atoms with Gasteiger partial charge in [-0.15, -0.1) is 0 Å². The van der Waals surface area contributed by atoms with Crippen molar-refractivity contribution in [1.29, 1.82) is 0 Å². The molecule has 2 aliphatic carbocycles. The molecule has 0 aromatic heterocycles. The van der Waals surface area contributed by atoms with Crippen LogP contribution in [0, 0.1) is 5.92 Å². The first-order valence-corrected chi connectivity index (χ1v) is 8.18. The smallest absolute Gasteiger partial charge is 0.00953 e. The predicted molar refractivity (Wildman–Crippen MR) is 93.2 cm³/mol. The molecule has 110 valence electrons. The van der Waals surface area contributed by atoms with Crippen molar-refractivity contribution in [3.63, 3.8) is 0 Å². The van der Waals surface area contributed by atoms with Gasteiger partial charge >= 0.3 is 0 Å². The van der Waals surface area contributed by atoms with Crippen LogP contribution in [0.4, 0.5) is 0 Å². The highest BCUT2D eigenvalue weighted by Crippen LogP contribution is 2.52. The van der Waals surface area contributed by atoms with Crippen molar-refractivity contribution in [2.75, 3.05) is 0 Å². The van der Waals surface area contributed by atoms with Crippen LogP contribution >= 0.6 is 0 Å². The molecule has 0 saturated carbocycles. The van der Waals surface area contributed by atoms with Crippen LogP contribution in [0.25, 0.3) is 0 Å². The molecule has 0 radical (unpaired) electrons. The summed E-state index contributed by atoms with van der Waals surface area (Å²) in [5.74, 6) is 1.15. The highest BCUT2D eigenvalue weighted by atomic mass is 14.5. The lowest BCUT2D eigenvalue weighted by atomic mass is 9.74. The summed E-state index contributed by atoms with van der Waals surface area (Å²) in [5, 5.41) is 0. The summed E-state index contributed by atoms with van der Waals surface area (Å²) in [6, 6.07) is 17.9. The minimum atomic E-state index is 0.216. The normalized spacial score (nSPS) is 24.1. The van der Waals surface area contributed by atoms with E-state index in [4.69, 9.17) is 0 Å². The first-order chi connectivity index (χ1) is 10.7. The highest BCUT2D eigenvalue weighted by molar-refractivity contribution is 5.51. The second-order valence-corrected chi connectivity index (χ2v) is 7.13. The molecule has 0 nitrogen and oxygen atoms in total. The van der Waals surface area contributed by atoms with Crippen LogP contribution in [0.3, 0.4) is 0 Å². The first kappa shape index (κ1) is 13.6. The maximum Gasteiger partial charge on any atom is 0.00953 e. The van der Waals surface area contributed by atoms with Gasteiger partial charge in [-0.2, -0.15) is 0 Å². The van der Waals surface area contributed by atoms with Crippen molar-refractivity contribution in [3.05, 3.63) is 95.1 Å². The van der Waals surface area contributed by atoms with E-state index in [1.54, 1.807) is 0 Å². The highest BCUT2D eigenvalue weighted by Gasteiger charge is 2.44. The van der Waals surface area contributed by atoms with Crippen LogP contribution in [0.1, 0.15) is 42.0 Å². The van der Waals surface area contributed by atoms with Gasteiger partial charge in [-0.3, -0.25) is 0 Å². The van der Waals surface area contributed by atoms with Crippen molar-refractivity contribution in [2.45, 2.75) is 31.6 Å². The summed E-state index contributed by atoms with van der Waals surface area (Å²) in [6.07, 6.45) is 10.2. The first-order valence-electron chi connectivity index (χ1n) is 8.18. The minimum Gasteiger partial charge on any atom is -0.0796 e. The number of hydrogen-bond acceptors (Lipinski definition) is 0.